The summed E-state index contributed by atoms with van der Waals surface area (Å²) in [5.74, 6) is 1.62. The van der Waals surface area contributed by atoms with E-state index in [2.05, 4.69) is 20.9 Å². The Balaban J connectivity index is 1.56. The third kappa shape index (κ3) is 2.96. The van der Waals surface area contributed by atoms with Gasteiger partial charge in [0, 0.05) is 36.3 Å². The number of hydrogen-bond donors (Lipinski definition) is 2. The molecule has 0 spiro atoms. The van der Waals surface area contributed by atoms with Gasteiger partial charge in [0.15, 0.2) is 5.43 Å². The third-order valence-corrected chi connectivity index (χ3v) is 7.00. The van der Waals surface area contributed by atoms with Crippen LogP contribution in [0, 0.1) is 11.8 Å². The van der Waals surface area contributed by atoms with E-state index in [4.69, 9.17) is 10.7 Å². The summed E-state index contributed by atoms with van der Waals surface area (Å²) in [5, 5.41) is 1.23. The number of H-pyrrole nitrogens is 1. The van der Waals surface area contributed by atoms with Crippen LogP contribution in [0.1, 0.15) is 29.8 Å². The molecule has 2 aliphatic rings. The Bertz CT molecular complexity index is 1430. The number of aromatic nitrogens is 3. The van der Waals surface area contributed by atoms with Crippen molar-refractivity contribution >= 4 is 33.5 Å². The number of pyridine rings is 3. The first-order chi connectivity index (χ1) is 15.6. The molecule has 0 bridgehead atoms. The molecule has 1 aliphatic carbocycles. The Morgan fingerprint density at radius 1 is 1.09 bits per heavy atom. The molecule has 1 saturated heterocycles. The van der Waals surface area contributed by atoms with Crippen molar-refractivity contribution in [2.75, 3.05) is 18.0 Å². The smallest absolute Gasteiger partial charge is 0.268 e. The van der Waals surface area contributed by atoms with E-state index in [1.54, 1.807) is 6.07 Å². The highest BCUT2D eigenvalue weighted by Gasteiger charge is 2.37. The van der Waals surface area contributed by atoms with Gasteiger partial charge in [-0.2, -0.15) is 0 Å². The highest BCUT2D eigenvalue weighted by Crippen LogP contribution is 2.42. The summed E-state index contributed by atoms with van der Waals surface area (Å²) in [7, 11) is 0. The number of carbonyl (C=O) groups excluding carboxylic acids is 1. The molecule has 1 aromatic carbocycles. The summed E-state index contributed by atoms with van der Waals surface area (Å²) < 4.78 is 0. The minimum Gasteiger partial charge on any atom is -0.364 e. The van der Waals surface area contributed by atoms with E-state index in [1.165, 1.54) is 31.5 Å². The second-order valence-electron chi connectivity index (χ2n) is 8.90. The number of rotatable bonds is 3. The molecule has 0 unspecified atom stereocenters. The van der Waals surface area contributed by atoms with Crippen LogP contribution in [-0.4, -0.2) is 33.9 Å². The van der Waals surface area contributed by atoms with Gasteiger partial charge < -0.3 is 15.6 Å². The number of carbonyl (C=O) groups is 1. The maximum atomic E-state index is 13.1. The first-order valence-corrected chi connectivity index (χ1v) is 11.1. The molecule has 1 amide bonds. The second-order valence-corrected chi connectivity index (χ2v) is 8.90. The van der Waals surface area contributed by atoms with Gasteiger partial charge in [0.05, 0.1) is 22.1 Å². The molecule has 1 saturated carbocycles. The van der Waals surface area contributed by atoms with Gasteiger partial charge in [0.2, 0.25) is 0 Å². The van der Waals surface area contributed by atoms with Gasteiger partial charge in [-0.15, -0.1) is 0 Å². The molecule has 7 heteroatoms. The third-order valence-electron chi connectivity index (χ3n) is 7.00. The van der Waals surface area contributed by atoms with Crippen LogP contribution < -0.4 is 16.1 Å². The van der Waals surface area contributed by atoms with E-state index >= 15 is 0 Å². The summed E-state index contributed by atoms with van der Waals surface area (Å²) in [6.45, 7) is 1.99. The molecular formula is C25H23N5O2. The molecule has 2 atom stereocenters. The van der Waals surface area contributed by atoms with E-state index in [0.29, 0.717) is 11.2 Å². The molecular weight excluding hydrogens is 402 g/mol. The van der Waals surface area contributed by atoms with Gasteiger partial charge in [-0.25, -0.2) is 4.98 Å². The number of primary amides is 1. The standard InChI is InChI=1S/C25H23N5O2/c26-24(32)23-22-19(8-9-27-23)28-20(11-21(22)31)17-10-14-4-1-2-7-18(14)29-25(17)30-12-15-5-3-6-16(15)13-30/h1-2,4,7-11,15-16H,3,5-6,12-13H2,(H2,26,32)(H,28,31)/t15-,16-/m1/s1. The molecule has 3 aromatic heterocycles. The molecule has 2 fully saturated rings. The molecule has 0 radical (unpaired) electrons. The van der Waals surface area contributed by atoms with Crippen molar-refractivity contribution in [1.82, 2.24) is 15.0 Å². The van der Waals surface area contributed by atoms with Crippen molar-refractivity contribution < 1.29 is 4.79 Å². The normalized spacial score (nSPS) is 20.2. The Kier molecular flexibility index (Phi) is 4.24. The molecule has 4 aromatic rings. The van der Waals surface area contributed by atoms with Crippen LogP contribution in [0.25, 0.3) is 33.1 Å². The molecule has 160 valence electrons. The van der Waals surface area contributed by atoms with Gasteiger partial charge in [0.25, 0.3) is 5.91 Å². The zero-order valence-electron chi connectivity index (χ0n) is 17.5. The molecule has 7 nitrogen and oxygen atoms in total. The van der Waals surface area contributed by atoms with Gasteiger partial charge in [-0.05, 0) is 42.9 Å². The van der Waals surface area contributed by atoms with Gasteiger partial charge in [0.1, 0.15) is 11.5 Å². The predicted octanol–water partition coefficient (Wildman–Crippen LogP) is 3.47. The van der Waals surface area contributed by atoms with Crippen molar-refractivity contribution in [3.8, 4) is 11.3 Å². The monoisotopic (exact) mass is 425 g/mol. The van der Waals surface area contributed by atoms with Gasteiger partial charge >= 0.3 is 0 Å². The Labute approximate surface area is 184 Å². The van der Waals surface area contributed by atoms with E-state index < -0.39 is 5.91 Å². The molecule has 32 heavy (non-hydrogen) atoms. The maximum absolute atomic E-state index is 13.1. The number of fused-ring (bicyclic) bond motifs is 3. The van der Waals surface area contributed by atoms with E-state index in [9.17, 15) is 9.59 Å². The zero-order chi connectivity index (χ0) is 21.8. The lowest BCUT2D eigenvalue weighted by atomic mass is 10.0. The summed E-state index contributed by atoms with van der Waals surface area (Å²) in [5.41, 5.74) is 8.18. The summed E-state index contributed by atoms with van der Waals surface area (Å²) in [6.07, 6.45) is 5.36. The number of nitrogens with one attached hydrogen (secondary N) is 1. The fourth-order valence-corrected chi connectivity index (χ4v) is 5.48. The zero-order valence-corrected chi connectivity index (χ0v) is 17.5. The quantitative estimate of drug-likeness (QED) is 0.523. The first-order valence-electron chi connectivity index (χ1n) is 11.1. The minimum absolute atomic E-state index is 0.0143. The number of anilines is 1. The van der Waals surface area contributed by atoms with Crippen LogP contribution >= 0.6 is 0 Å². The number of aromatic amines is 1. The van der Waals surface area contributed by atoms with Crippen LogP contribution in [0.3, 0.4) is 0 Å². The first kappa shape index (κ1) is 19.0. The summed E-state index contributed by atoms with van der Waals surface area (Å²) in [6, 6.07) is 13.4. The topological polar surface area (TPSA) is 105 Å². The lowest BCUT2D eigenvalue weighted by Crippen LogP contribution is -2.23. The average Bonchev–Trinajstić information content (AvgIpc) is 3.40. The van der Waals surface area contributed by atoms with Crippen molar-refractivity contribution in [2.24, 2.45) is 17.6 Å². The Hall–Kier alpha value is -3.74. The molecule has 1 aliphatic heterocycles. The van der Waals surface area contributed by atoms with Crippen LogP contribution in [0.2, 0.25) is 0 Å². The van der Waals surface area contributed by atoms with Crippen LogP contribution in [0.4, 0.5) is 5.82 Å². The van der Waals surface area contributed by atoms with Gasteiger partial charge in [-0.3, -0.25) is 14.6 Å². The SMILES string of the molecule is NC(=O)c1nccc2[nH]c(-c3cc4ccccc4nc3N3C[C@H]4CCC[C@@H]4C3)cc(=O)c12. The maximum Gasteiger partial charge on any atom is 0.268 e. The van der Waals surface area contributed by atoms with Crippen LogP contribution in [0.5, 0.6) is 0 Å². The van der Waals surface area contributed by atoms with E-state index in [0.717, 1.165) is 47.2 Å². The van der Waals surface area contributed by atoms with E-state index in [1.807, 2.05) is 24.3 Å². The number of benzene rings is 1. The highest BCUT2D eigenvalue weighted by molar-refractivity contribution is 6.04. The van der Waals surface area contributed by atoms with Crippen molar-refractivity contribution in [3.05, 3.63) is 64.6 Å². The van der Waals surface area contributed by atoms with Crippen molar-refractivity contribution in [3.63, 3.8) is 0 Å². The largest absolute Gasteiger partial charge is 0.364 e. The second kappa shape index (κ2) is 7.15. The number of nitrogens with two attached hydrogens (primary N) is 1. The minimum atomic E-state index is -0.717. The predicted molar refractivity (Wildman–Crippen MR) is 125 cm³/mol. The van der Waals surface area contributed by atoms with Crippen LogP contribution in [-0.2, 0) is 0 Å². The van der Waals surface area contributed by atoms with Crippen molar-refractivity contribution in [1.29, 1.82) is 0 Å². The van der Waals surface area contributed by atoms with Crippen LogP contribution in [0.15, 0.2) is 53.5 Å². The number of nitrogens with zero attached hydrogens (tertiary/aromatic N) is 3. The summed E-state index contributed by atoms with van der Waals surface area (Å²) >= 11 is 0. The fraction of sp³-hybridized carbons (Fsp3) is 0.280. The Morgan fingerprint density at radius 3 is 2.66 bits per heavy atom. The molecule has 3 N–H and O–H groups in total. The molecule has 6 rings (SSSR count). The molecule has 4 heterocycles. The van der Waals surface area contributed by atoms with Gasteiger partial charge in [-0.1, -0.05) is 24.6 Å². The average molecular weight is 425 g/mol. The lowest BCUT2D eigenvalue weighted by molar-refractivity contribution is 0.0997. The number of amides is 1. The number of hydrogen-bond acceptors (Lipinski definition) is 5. The van der Waals surface area contributed by atoms with E-state index in [-0.39, 0.29) is 16.5 Å². The lowest BCUT2D eigenvalue weighted by Gasteiger charge is -2.22. The van der Waals surface area contributed by atoms with Crippen molar-refractivity contribution in [2.45, 2.75) is 19.3 Å². The summed E-state index contributed by atoms with van der Waals surface area (Å²) in [4.78, 5) is 39.6. The number of para-hydroxylation sites is 1. The fourth-order valence-electron chi connectivity index (χ4n) is 5.48. The highest BCUT2D eigenvalue weighted by atomic mass is 16.1. The Morgan fingerprint density at radius 2 is 1.88 bits per heavy atom.